The first-order valence-electron chi connectivity index (χ1n) is 24.3. The monoisotopic (exact) mass is 840 g/mol. The zero-order valence-corrected chi connectivity index (χ0v) is 38.3. The van der Waals surface area contributed by atoms with E-state index in [1.807, 2.05) is 62.1 Å². The van der Waals surface area contributed by atoms with Crippen molar-refractivity contribution in [1.29, 1.82) is 0 Å². The summed E-state index contributed by atoms with van der Waals surface area (Å²) in [5.41, 5.74) is -2.10. The standard InChI is InChI=1S/C55H69NO6/c1-47(2)36-18-17-35(40(47)29-36)32-56(45(59)55-28-25-51(7,46(60)62-55)48(55,3)4)33-53(61)24-21-43-50(53,6)23-20-42-49(5)22-19-37(57)30-52(49)26-27-54(42,43)41(31-52)44(58)39-16-12-11-15-38(39)34-13-9-8-10-14-34/h8-16,26-27,31,35-37,40,42-43,57,61H,17-25,28-30,32-33H2,1-7H3/t35-,36-,37?,40-,42+,43+,49+,50-,51-,52-,53+,54+,55+/m0/s1. The first kappa shape index (κ1) is 41.2. The minimum absolute atomic E-state index is 0.0455. The lowest BCUT2D eigenvalue weighted by Gasteiger charge is -2.71. The predicted octanol–water partition coefficient (Wildman–Crippen LogP) is 10.2. The molecule has 330 valence electrons. The quantitative estimate of drug-likeness (QED) is 0.156. The lowest BCUT2D eigenvalue weighted by Crippen LogP contribution is -2.68. The first-order valence-corrected chi connectivity index (χ1v) is 24.3. The second kappa shape index (κ2) is 12.8. The van der Waals surface area contributed by atoms with Crippen LogP contribution >= 0.6 is 0 Å². The summed E-state index contributed by atoms with van der Waals surface area (Å²) in [6.45, 7) is 16.3. The molecule has 7 nitrogen and oxygen atoms in total. The summed E-state index contributed by atoms with van der Waals surface area (Å²) < 4.78 is 6.32. The molecule has 1 unspecified atom stereocenters. The second-order valence-corrected chi connectivity index (χ2v) is 24.1. The van der Waals surface area contributed by atoms with Gasteiger partial charge >= 0.3 is 5.97 Å². The fourth-order valence-corrected chi connectivity index (χ4v) is 17.3. The zero-order valence-electron chi connectivity index (χ0n) is 38.3. The predicted molar refractivity (Wildman–Crippen MR) is 239 cm³/mol. The van der Waals surface area contributed by atoms with Crippen LogP contribution in [-0.4, -0.2) is 63.2 Å². The number of hydrogen-bond donors (Lipinski definition) is 2. The highest BCUT2D eigenvalue weighted by molar-refractivity contribution is 6.14. The number of fused-ring (bicyclic) bond motifs is 5. The molecule has 0 aromatic heterocycles. The maximum atomic E-state index is 15.7. The SMILES string of the molecule is CC1(C)[C@H]2CC[C@@H](CN(C[C@]3(O)CC[C@H]4[C@]56C=C[C@@]7(C=C5C(=O)c5ccccc5-c5ccccc5)CC(O)CC[C@]7(C)[C@H]6CC[C@@]43C)C(=O)[C@@]34CC[C@@](C)(C(=O)O3)C4(C)C)[C@@H]1C2. The van der Waals surface area contributed by atoms with Crippen molar-refractivity contribution < 1.29 is 29.3 Å². The minimum atomic E-state index is -1.26. The molecule has 1 amide bonds. The Balaban J connectivity index is 1.01. The summed E-state index contributed by atoms with van der Waals surface area (Å²) >= 11 is 0. The molecule has 13 rings (SSSR count). The van der Waals surface area contributed by atoms with Crippen molar-refractivity contribution >= 4 is 17.7 Å². The van der Waals surface area contributed by atoms with Crippen LogP contribution in [0, 0.1) is 67.5 Å². The number of allylic oxidation sites excluding steroid dienone is 4. The van der Waals surface area contributed by atoms with Gasteiger partial charge in [0, 0.05) is 39.3 Å². The van der Waals surface area contributed by atoms with Crippen LogP contribution in [0.2, 0.25) is 0 Å². The van der Waals surface area contributed by atoms with Gasteiger partial charge in [0.1, 0.15) is 0 Å². The molecule has 2 N–H and O–H groups in total. The molecule has 13 atom stereocenters. The Morgan fingerprint density at radius 3 is 2.18 bits per heavy atom. The van der Waals surface area contributed by atoms with Gasteiger partial charge < -0.3 is 19.8 Å². The Kier molecular flexibility index (Phi) is 8.52. The lowest BCUT2D eigenvalue weighted by atomic mass is 9.32. The number of ketones is 1. The maximum absolute atomic E-state index is 15.7. The summed E-state index contributed by atoms with van der Waals surface area (Å²) in [6.07, 6.45) is 16.3. The number of benzene rings is 2. The molecule has 10 aliphatic carbocycles. The number of nitrogens with zero attached hydrogens (tertiary/aromatic N) is 1. The van der Waals surface area contributed by atoms with Crippen molar-refractivity contribution in [2.24, 2.45) is 67.5 Å². The van der Waals surface area contributed by atoms with Crippen molar-refractivity contribution in [3.8, 4) is 11.1 Å². The van der Waals surface area contributed by atoms with Crippen molar-refractivity contribution in [3.63, 3.8) is 0 Å². The van der Waals surface area contributed by atoms with Crippen molar-refractivity contribution in [2.45, 2.75) is 143 Å². The van der Waals surface area contributed by atoms with E-state index in [-0.39, 0.29) is 46.9 Å². The van der Waals surface area contributed by atoms with Gasteiger partial charge in [-0.15, -0.1) is 0 Å². The molecule has 2 aromatic carbocycles. The van der Waals surface area contributed by atoms with Gasteiger partial charge in [-0.1, -0.05) is 114 Å². The fourth-order valence-electron chi connectivity index (χ4n) is 17.3. The first-order chi connectivity index (χ1) is 29.2. The van der Waals surface area contributed by atoms with E-state index >= 15 is 9.59 Å². The number of aliphatic hydroxyl groups is 2. The van der Waals surface area contributed by atoms with Gasteiger partial charge in [-0.25, -0.2) is 0 Å². The Hall–Kier alpha value is -3.55. The minimum Gasteiger partial charge on any atom is -0.448 e. The van der Waals surface area contributed by atoms with Crippen molar-refractivity contribution in [1.82, 2.24) is 4.90 Å². The third kappa shape index (κ3) is 4.79. The topological polar surface area (TPSA) is 104 Å². The van der Waals surface area contributed by atoms with Crippen molar-refractivity contribution in [2.75, 3.05) is 13.1 Å². The number of rotatable bonds is 8. The summed E-state index contributed by atoms with van der Waals surface area (Å²) in [4.78, 5) is 47.0. The molecule has 62 heavy (non-hydrogen) atoms. The molecule has 0 radical (unpaired) electrons. The van der Waals surface area contributed by atoms with Gasteiger partial charge in [0.25, 0.3) is 5.91 Å². The van der Waals surface area contributed by atoms with E-state index in [0.29, 0.717) is 49.6 Å². The van der Waals surface area contributed by atoms with Gasteiger partial charge in [-0.2, -0.15) is 0 Å². The number of esters is 1. The number of Topliss-reactive ketones (excluding diaryl/α,β-unsaturated/α-hetero) is 1. The van der Waals surface area contributed by atoms with Gasteiger partial charge in [0.15, 0.2) is 11.4 Å². The molecule has 7 heteroatoms. The van der Waals surface area contributed by atoms with Crippen LogP contribution in [0.4, 0.5) is 0 Å². The molecule has 7 saturated carbocycles. The molecule has 6 bridgehead atoms. The molecule has 2 aromatic rings. The molecule has 2 spiro atoms. The summed E-state index contributed by atoms with van der Waals surface area (Å²) in [5, 5.41) is 25.0. The van der Waals surface area contributed by atoms with Crippen molar-refractivity contribution in [3.05, 3.63) is 84.0 Å². The molecular weight excluding hydrogens is 771 g/mol. The van der Waals surface area contributed by atoms with Gasteiger partial charge in [0.05, 0.1) is 23.7 Å². The number of aliphatic hydroxyl groups excluding tert-OH is 1. The number of carbonyl (C=O) groups is 3. The summed E-state index contributed by atoms with van der Waals surface area (Å²) in [7, 11) is 0. The van der Waals surface area contributed by atoms with E-state index in [0.717, 1.165) is 67.6 Å². The summed E-state index contributed by atoms with van der Waals surface area (Å²) in [6, 6.07) is 18.2. The van der Waals surface area contributed by atoms with Crippen LogP contribution in [0.5, 0.6) is 0 Å². The van der Waals surface area contributed by atoms with Crippen LogP contribution in [-0.2, 0) is 14.3 Å². The number of amides is 1. The van der Waals surface area contributed by atoms with Crippen LogP contribution < -0.4 is 0 Å². The van der Waals surface area contributed by atoms with E-state index in [9.17, 15) is 15.0 Å². The number of hydrogen-bond acceptors (Lipinski definition) is 6. The Labute approximate surface area is 369 Å². The van der Waals surface area contributed by atoms with E-state index in [1.54, 1.807) is 0 Å². The zero-order chi connectivity index (χ0) is 43.7. The lowest BCUT2D eigenvalue weighted by molar-refractivity contribution is -0.190. The van der Waals surface area contributed by atoms with Gasteiger partial charge in [0.2, 0.25) is 0 Å². The van der Waals surface area contributed by atoms with E-state index in [2.05, 4.69) is 64.1 Å². The molecule has 1 aliphatic heterocycles. The van der Waals surface area contributed by atoms with Gasteiger partial charge in [-0.3, -0.25) is 14.4 Å². The molecule has 8 fully saturated rings. The largest absolute Gasteiger partial charge is 0.448 e. The Morgan fingerprint density at radius 2 is 1.48 bits per heavy atom. The average molecular weight is 840 g/mol. The Bertz CT molecular complexity index is 2330. The molecule has 1 saturated heterocycles. The smallest absolute Gasteiger partial charge is 0.313 e. The highest BCUT2D eigenvalue weighted by Crippen LogP contribution is 2.79. The van der Waals surface area contributed by atoms with Crippen LogP contribution in [0.15, 0.2) is 78.4 Å². The third-order valence-corrected chi connectivity index (χ3v) is 21.8. The molecule has 11 aliphatic rings. The normalized spacial score (nSPS) is 45.9. The van der Waals surface area contributed by atoms with E-state index in [1.165, 1.54) is 6.42 Å². The Morgan fingerprint density at radius 1 is 0.790 bits per heavy atom. The second-order valence-electron chi connectivity index (χ2n) is 24.1. The number of ether oxygens (including phenoxy) is 1. The number of carbonyl (C=O) groups excluding carboxylic acids is 3. The van der Waals surface area contributed by atoms with E-state index in [4.69, 9.17) is 4.74 Å². The maximum Gasteiger partial charge on any atom is 0.313 e. The summed E-state index contributed by atoms with van der Waals surface area (Å²) in [5.74, 6) is 1.31. The van der Waals surface area contributed by atoms with Gasteiger partial charge in [-0.05, 0) is 136 Å². The third-order valence-electron chi connectivity index (χ3n) is 21.8. The highest BCUT2D eigenvalue weighted by atomic mass is 16.6. The fraction of sp³-hybridized carbons (Fsp3) is 0.655. The van der Waals surface area contributed by atoms with Crippen LogP contribution in [0.1, 0.15) is 136 Å². The highest BCUT2D eigenvalue weighted by Gasteiger charge is 2.78. The van der Waals surface area contributed by atoms with E-state index < -0.39 is 44.4 Å². The van der Waals surface area contributed by atoms with Crippen LogP contribution in [0.25, 0.3) is 11.1 Å². The van der Waals surface area contributed by atoms with Crippen LogP contribution in [0.3, 0.4) is 0 Å². The molecular formula is C55H69NO6. The average Bonchev–Trinajstić information content (AvgIpc) is 3.70. The molecule has 1 heterocycles.